The lowest BCUT2D eigenvalue weighted by Crippen LogP contribution is -2.17. The second-order valence-corrected chi connectivity index (χ2v) is 7.04. The Morgan fingerprint density at radius 1 is 1.29 bits per heavy atom. The van der Waals surface area contributed by atoms with Crippen LogP contribution in [0.1, 0.15) is 19.3 Å². The van der Waals surface area contributed by atoms with Crippen molar-refractivity contribution >= 4 is 52.5 Å². The van der Waals surface area contributed by atoms with Gasteiger partial charge in [0.05, 0.1) is 22.2 Å². The Morgan fingerprint density at radius 2 is 2.00 bits per heavy atom. The van der Waals surface area contributed by atoms with Crippen molar-refractivity contribution in [3.63, 3.8) is 0 Å². The van der Waals surface area contributed by atoms with Gasteiger partial charge in [-0.15, -0.1) is 0 Å². The fourth-order valence-electron chi connectivity index (χ4n) is 2.00. The van der Waals surface area contributed by atoms with Gasteiger partial charge in [-0.05, 0) is 42.2 Å². The summed E-state index contributed by atoms with van der Waals surface area (Å²) in [5.41, 5.74) is 0.502. The Hall–Kier alpha value is -0.910. The molecule has 0 saturated heterocycles. The van der Waals surface area contributed by atoms with Gasteiger partial charge < -0.3 is 10.4 Å². The van der Waals surface area contributed by atoms with Crippen molar-refractivity contribution in [2.24, 2.45) is 5.41 Å². The van der Waals surface area contributed by atoms with Gasteiger partial charge in [-0.3, -0.25) is 9.59 Å². The van der Waals surface area contributed by atoms with Crippen LogP contribution < -0.4 is 5.32 Å². The number of thioether (sulfide) groups is 1. The van der Waals surface area contributed by atoms with Crippen LogP contribution in [0.2, 0.25) is 10.0 Å². The molecular weight excluding hydrogens is 333 g/mol. The molecule has 0 unspecified atom stereocenters. The molecule has 0 heterocycles. The van der Waals surface area contributed by atoms with E-state index in [1.54, 1.807) is 18.2 Å². The van der Waals surface area contributed by atoms with Gasteiger partial charge in [0.1, 0.15) is 0 Å². The van der Waals surface area contributed by atoms with Crippen LogP contribution in [-0.4, -0.2) is 28.5 Å². The molecule has 114 valence electrons. The lowest BCUT2D eigenvalue weighted by molar-refractivity contribution is -0.138. The quantitative estimate of drug-likeness (QED) is 0.784. The maximum absolute atomic E-state index is 11.8. The molecule has 0 spiro atoms. The zero-order chi connectivity index (χ0) is 15.5. The molecule has 1 aliphatic rings. The highest BCUT2D eigenvalue weighted by molar-refractivity contribution is 8.00. The van der Waals surface area contributed by atoms with E-state index in [-0.39, 0.29) is 17.7 Å². The molecule has 2 rings (SSSR count). The lowest BCUT2D eigenvalue weighted by atomic mass is 10.1. The molecule has 4 nitrogen and oxygen atoms in total. The summed E-state index contributed by atoms with van der Waals surface area (Å²) < 4.78 is 0. The molecule has 0 aliphatic heterocycles. The molecule has 0 bridgehead atoms. The van der Waals surface area contributed by atoms with Crippen LogP contribution in [-0.2, 0) is 9.59 Å². The number of aliphatic carboxylic acids is 1. The number of benzene rings is 1. The smallest absolute Gasteiger partial charge is 0.303 e. The molecule has 21 heavy (non-hydrogen) atoms. The average Bonchev–Trinajstić information content (AvgIpc) is 3.13. The number of amides is 1. The van der Waals surface area contributed by atoms with Gasteiger partial charge in [-0.1, -0.05) is 23.2 Å². The van der Waals surface area contributed by atoms with Crippen LogP contribution in [0.4, 0.5) is 5.69 Å². The van der Waals surface area contributed by atoms with Crippen LogP contribution in [0.25, 0.3) is 0 Å². The van der Waals surface area contributed by atoms with Crippen LogP contribution in [0, 0.1) is 5.41 Å². The zero-order valence-electron chi connectivity index (χ0n) is 11.2. The van der Waals surface area contributed by atoms with E-state index in [0.29, 0.717) is 27.2 Å². The first-order valence-corrected chi connectivity index (χ1v) is 8.36. The number of carboxylic acids is 1. The van der Waals surface area contributed by atoms with Gasteiger partial charge in [0.2, 0.25) is 5.91 Å². The van der Waals surface area contributed by atoms with Crippen LogP contribution >= 0.6 is 35.0 Å². The molecule has 1 fully saturated rings. The van der Waals surface area contributed by atoms with E-state index in [4.69, 9.17) is 28.3 Å². The SMILES string of the molecule is O=C(O)CC1(CSCC(=O)Nc2ccc(Cl)c(Cl)c2)CC1. The average molecular weight is 348 g/mol. The van der Waals surface area contributed by atoms with Crippen molar-refractivity contribution in [1.29, 1.82) is 0 Å². The lowest BCUT2D eigenvalue weighted by Gasteiger charge is -2.11. The number of rotatable bonds is 7. The standard InChI is InChI=1S/C14H15Cl2NO3S/c15-10-2-1-9(5-11(10)16)17-12(18)7-21-8-14(3-4-14)6-13(19)20/h1-2,5H,3-4,6-8H2,(H,17,18)(H,19,20). The van der Waals surface area contributed by atoms with E-state index in [9.17, 15) is 9.59 Å². The van der Waals surface area contributed by atoms with E-state index in [1.165, 1.54) is 11.8 Å². The van der Waals surface area contributed by atoms with Crippen LogP contribution in [0.3, 0.4) is 0 Å². The first kappa shape index (κ1) is 16.5. The first-order valence-electron chi connectivity index (χ1n) is 6.45. The number of hydrogen-bond donors (Lipinski definition) is 2. The van der Waals surface area contributed by atoms with E-state index >= 15 is 0 Å². The highest BCUT2D eigenvalue weighted by Crippen LogP contribution is 2.50. The summed E-state index contributed by atoms with van der Waals surface area (Å²) >= 11 is 13.1. The number of hydrogen-bond acceptors (Lipinski definition) is 3. The Labute approximate surface area is 137 Å². The number of carbonyl (C=O) groups excluding carboxylic acids is 1. The fraction of sp³-hybridized carbons (Fsp3) is 0.429. The molecule has 1 saturated carbocycles. The predicted octanol–water partition coefficient (Wildman–Crippen LogP) is 3.92. The van der Waals surface area contributed by atoms with Gasteiger partial charge in [0.25, 0.3) is 0 Å². The van der Waals surface area contributed by atoms with Crippen molar-refractivity contribution in [2.45, 2.75) is 19.3 Å². The van der Waals surface area contributed by atoms with Gasteiger partial charge in [-0.2, -0.15) is 11.8 Å². The Bertz CT molecular complexity index is 561. The summed E-state index contributed by atoms with van der Waals surface area (Å²) in [6.45, 7) is 0. The predicted molar refractivity (Wildman–Crippen MR) is 86.3 cm³/mol. The molecule has 1 aliphatic carbocycles. The molecule has 1 amide bonds. The van der Waals surface area contributed by atoms with Crippen LogP contribution in [0.15, 0.2) is 18.2 Å². The Balaban J connectivity index is 1.75. The second-order valence-electron chi connectivity index (χ2n) is 5.24. The summed E-state index contributed by atoms with van der Waals surface area (Å²) in [6, 6.07) is 4.90. The van der Waals surface area contributed by atoms with E-state index in [1.807, 2.05) is 0 Å². The number of carbonyl (C=O) groups is 2. The third-order valence-electron chi connectivity index (χ3n) is 3.33. The Morgan fingerprint density at radius 3 is 2.57 bits per heavy atom. The molecule has 1 aromatic carbocycles. The van der Waals surface area contributed by atoms with Gasteiger partial charge in [0, 0.05) is 5.69 Å². The Kier molecular flexibility index (Phi) is 5.41. The van der Waals surface area contributed by atoms with E-state index in [0.717, 1.165) is 12.8 Å². The number of carboxylic acid groups (broad SMARTS) is 1. The van der Waals surface area contributed by atoms with Crippen molar-refractivity contribution in [3.05, 3.63) is 28.2 Å². The first-order chi connectivity index (χ1) is 9.90. The maximum atomic E-state index is 11.8. The van der Waals surface area contributed by atoms with Crippen molar-refractivity contribution in [3.8, 4) is 0 Å². The minimum atomic E-state index is -0.770. The summed E-state index contributed by atoms with van der Waals surface area (Å²) in [7, 11) is 0. The minimum Gasteiger partial charge on any atom is -0.481 e. The third-order valence-corrected chi connectivity index (χ3v) is 5.35. The molecule has 0 atom stereocenters. The molecular formula is C14H15Cl2NO3S. The number of halogens is 2. The molecule has 0 aromatic heterocycles. The van der Waals surface area contributed by atoms with Crippen molar-refractivity contribution in [1.82, 2.24) is 0 Å². The maximum Gasteiger partial charge on any atom is 0.303 e. The van der Waals surface area contributed by atoms with Gasteiger partial charge >= 0.3 is 5.97 Å². The summed E-state index contributed by atoms with van der Waals surface area (Å²) in [6.07, 6.45) is 2.05. The summed E-state index contributed by atoms with van der Waals surface area (Å²) in [5.74, 6) is 0.0910. The van der Waals surface area contributed by atoms with Gasteiger partial charge in [0.15, 0.2) is 0 Å². The van der Waals surface area contributed by atoms with Crippen LogP contribution in [0.5, 0.6) is 0 Å². The highest BCUT2D eigenvalue weighted by Gasteiger charge is 2.44. The molecule has 7 heteroatoms. The number of anilines is 1. The summed E-state index contributed by atoms with van der Waals surface area (Å²) in [5, 5.41) is 12.4. The second kappa shape index (κ2) is 6.90. The summed E-state index contributed by atoms with van der Waals surface area (Å²) in [4.78, 5) is 22.6. The fourth-order valence-corrected chi connectivity index (χ4v) is 3.48. The van der Waals surface area contributed by atoms with Crippen molar-refractivity contribution < 1.29 is 14.7 Å². The van der Waals surface area contributed by atoms with E-state index in [2.05, 4.69) is 5.32 Å². The van der Waals surface area contributed by atoms with Gasteiger partial charge in [-0.25, -0.2) is 0 Å². The van der Waals surface area contributed by atoms with E-state index < -0.39 is 5.97 Å². The molecule has 2 N–H and O–H groups in total. The normalized spacial score (nSPS) is 15.5. The molecule has 0 radical (unpaired) electrons. The van der Waals surface area contributed by atoms with Crippen molar-refractivity contribution in [2.75, 3.05) is 16.8 Å². The topological polar surface area (TPSA) is 66.4 Å². The minimum absolute atomic E-state index is 0.0969. The molecule has 1 aromatic rings. The number of nitrogens with one attached hydrogen (secondary N) is 1. The highest BCUT2D eigenvalue weighted by atomic mass is 35.5. The largest absolute Gasteiger partial charge is 0.481 e. The zero-order valence-corrected chi connectivity index (χ0v) is 13.5. The third kappa shape index (κ3) is 5.09. The monoisotopic (exact) mass is 347 g/mol.